The first-order chi connectivity index (χ1) is 11.2. The zero-order valence-corrected chi connectivity index (χ0v) is 14.2. The van der Waals surface area contributed by atoms with Gasteiger partial charge in [0.15, 0.2) is 0 Å². The molecule has 1 unspecified atom stereocenters. The summed E-state index contributed by atoms with van der Waals surface area (Å²) in [5.74, 6) is 0.555. The third-order valence-corrected chi connectivity index (χ3v) is 5.39. The van der Waals surface area contributed by atoms with Gasteiger partial charge in [0.05, 0.1) is 0 Å². The van der Waals surface area contributed by atoms with Crippen LogP contribution in [0.15, 0.2) is 30.3 Å². The molecular formula is C19H29N3O. The summed E-state index contributed by atoms with van der Waals surface area (Å²) in [6.07, 6.45) is 7.32. The maximum absolute atomic E-state index is 12.4. The Kier molecular flexibility index (Phi) is 5.42. The smallest absolute Gasteiger partial charge is 0.317 e. The van der Waals surface area contributed by atoms with Crippen molar-refractivity contribution in [1.82, 2.24) is 10.2 Å². The van der Waals surface area contributed by atoms with Gasteiger partial charge < -0.3 is 15.1 Å². The maximum Gasteiger partial charge on any atom is 0.317 e. The molecule has 3 rings (SSSR count). The van der Waals surface area contributed by atoms with E-state index in [-0.39, 0.29) is 6.03 Å². The van der Waals surface area contributed by atoms with Crippen LogP contribution >= 0.6 is 0 Å². The number of amides is 2. The van der Waals surface area contributed by atoms with Crippen LogP contribution in [-0.4, -0.2) is 43.7 Å². The van der Waals surface area contributed by atoms with Gasteiger partial charge in [0.25, 0.3) is 0 Å². The highest BCUT2D eigenvalue weighted by Gasteiger charge is 2.25. The van der Waals surface area contributed by atoms with E-state index < -0.39 is 0 Å². The number of nitrogens with one attached hydrogen (secondary N) is 1. The monoisotopic (exact) mass is 315 g/mol. The Labute approximate surface area is 139 Å². The number of hydrogen-bond donors (Lipinski definition) is 1. The number of carbonyl (C=O) groups is 1. The molecule has 0 bridgehead atoms. The summed E-state index contributed by atoms with van der Waals surface area (Å²) >= 11 is 0. The first-order valence-corrected chi connectivity index (χ1v) is 9.04. The Hall–Kier alpha value is -1.71. The molecule has 2 fully saturated rings. The molecule has 1 aromatic rings. The van der Waals surface area contributed by atoms with Crippen molar-refractivity contribution in [1.29, 1.82) is 0 Å². The SMILES string of the molecule is CN(C(=O)NCC1CCN(c2ccccc2)C1)C1CCCCC1. The molecule has 1 saturated heterocycles. The average Bonchev–Trinajstić information content (AvgIpc) is 3.09. The molecule has 1 aromatic carbocycles. The van der Waals surface area contributed by atoms with Gasteiger partial charge >= 0.3 is 6.03 Å². The van der Waals surface area contributed by atoms with E-state index in [1.807, 2.05) is 11.9 Å². The van der Waals surface area contributed by atoms with Crippen molar-refractivity contribution in [2.24, 2.45) is 5.92 Å². The quantitative estimate of drug-likeness (QED) is 0.923. The average molecular weight is 315 g/mol. The zero-order chi connectivity index (χ0) is 16.1. The van der Waals surface area contributed by atoms with E-state index in [9.17, 15) is 4.79 Å². The molecule has 2 amide bonds. The van der Waals surface area contributed by atoms with E-state index >= 15 is 0 Å². The molecule has 0 spiro atoms. The second-order valence-corrected chi connectivity index (χ2v) is 7.03. The van der Waals surface area contributed by atoms with Crippen LogP contribution in [0.5, 0.6) is 0 Å². The van der Waals surface area contributed by atoms with Crippen molar-refractivity contribution < 1.29 is 4.79 Å². The normalized spacial score (nSPS) is 22.1. The molecule has 4 nitrogen and oxygen atoms in total. The van der Waals surface area contributed by atoms with E-state index in [4.69, 9.17) is 0 Å². The minimum atomic E-state index is 0.107. The fraction of sp³-hybridized carbons (Fsp3) is 0.632. The summed E-state index contributed by atoms with van der Waals surface area (Å²) in [7, 11) is 1.95. The number of hydrogen-bond acceptors (Lipinski definition) is 2. The first kappa shape index (κ1) is 16.2. The van der Waals surface area contributed by atoms with Crippen LogP contribution in [0.25, 0.3) is 0 Å². The van der Waals surface area contributed by atoms with E-state index in [0.29, 0.717) is 12.0 Å². The summed E-state index contributed by atoms with van der Waals surface area (Å²) in [5.41, 5.74) is 1.29. The predicted molar refractivity (Wildman–Crippen MR) is 94.8 cm³/mol. The molecule has 1 heterocycles. The van der Waals surface area contributed by atoms with Gasteiger partial charge in [-0.15, -0.1) is 0 Å². The van der Waals surface area contributed by atoms with Crippen LogP contribution in [0.2, 0.25) is 0 Å². The van der Waals surface area contributed by atoms with Crippen molar-refractivity contribution in [2.45, 2.75) is 44.6 Å². The molecule has 2 aliphatic rings. The molecule has 23 heavy (non-hydrogen) atoms. The summed E-state index contributed by atoms with van der Waals surface area (Å²) < 4.78 is 0. The fourth-order valence-corrected chi connectivity index (χ4v) is 3.86. The van der Waals surface area contributed by atoms with E-state index in [1.165, 1.54) is 24.9 Å². The van der Waals surface area contributed by atoms with Gasteiger partial charge in [-0.2, -0.15) is 0 Å². The fourth-order valence-electron chi connectivity index (χ4n) is 3.86. The molecule has 0 aromatic heterocycles. The van der Waals surface area contributed by atoms with Crippen molar-refractivity contribution in [3.05, 3.63) is 30.3 Å². The lowest BCUT2D eigenvalue weighted by Gasteiger charge is -2.31. The molecule has 126 valence electrons. The molecule has 4 heteroatoms. The molecular weight excluding hydrogens is 286 g/mol. The summed E-state index contributed by atoms with van der Waals surface area (Å²) in [5, 5.41) is 3.15. The largest absolute Gasteiger partial charge is 0.371 e. The van der Waals surface area contributed by atoms with Crippen LogP contribution in [0, 0.1) is 5.92 Å². The highest BCUT2D eigenvalue weighted by molar-refractivity contribution is 5.74. The molecule has 1 aliphatic heterocycles. The molecule has 1 saturated carbocycles. The third-order valence-electron chi connectivity index (χ3n) is 5.39. The minimum Gasteiger partial charge on any atom is -0.371 e. The van der Waals surface area contributed by atoms with E-state index in [1.54, 1.807) is 0 Å². The number of nitrogens with zero attached hydrogens (tertiary/aromatic N) is 2. The van der Waals surface area contributed by atoms with Crippen LogP contribution in [0.4, 0.5) is 10.5 Å². The Bertz CT molecular complexity index is 499. The van der Waals surface area contributed by atoms with Gasteiger partial charge in [-0.05, 0) is 37.3 Å². The van der Waals surface area contributed by atoms with Gasteiger partial charge in [0.2, 0.25) is 0 Å². The maximum atomic E-state index is 12.4. The highest BCUT2D eigenvalue weighted by atomic mass is 16.2. The van der Waals surface area contributed by atoms with Gasteiger partial charge in [0, 0.05) is 38.4 Å². The second-order valence-electron chi connectivity index (χ2n) is 7.03. The van der Waals surface area contributed by atoms with Crippen LogP contribution in [0.3, 0.4) is 0 Å². The standard InChI is InChI=1S/C19H29N3O/c1-21(17-8-4-2-5-9-17)19(23)20-14-16-12-13-22(15-16)18-10-6-3-7-11-18/h3,6-7,10-11,16-17H,2,4-5,8-9,12-15H2,1H3,(H,20,23). The van der Waals surface area contributed by atoms with Crippen molar-refractivity contribution in [3.63, 3.8) is 0 Å². The van der Waals surface area contributed by atoms with Crippen molar-refractivity contribution in [3.8, 4) is 0 Å². The predicted octanol–water partition coefficient (Wildman–Crippen LogP) is 3.49. The lowest BCUT2D eigenvalue weighted by Crippen LogP contribution is -2.45. The van der Waals surface area contributed by atoms with Gasteiger partial charge in [-0.1, -0.05) is 37.5 Å². The van der Waals surface area contributed by atoms with Gasteiger partial charge in [0.1, 0.15) is 0 Å². The van der Waals surface area contributed by atoms with E-state index in [0.717, 1.165) is 38.9 Å². The lowest BCUT2D eigenvalue weighted by atomic mass is 9.95. The van der Waals surface area contributed by atoms with E-state index in [2.05, 4.69) is 40.5 Å². The highest BCUT2D eigenvalue weighted by Crippen LogP contribution is 2.24. The van der Waals surface area contributed by atoms with Crippen LogP contribution in [0.1, 0.15) is 38.5 Å². The molecule has 1 atom stereocenters. The number of rotatable bonds is 4. The second kappa shape index (κ2) is 7.71. The third kappa shape index (κ3) is 4.18. The summed E-state index contributed by atoms with van der Waals surface area (Å²) in [6, 6.07) is 11.1. The number of urea groups is 1. The Morgan fingerprint density at radius 1 is 1.17 bits per heavy atom. The Morgan fingerprint density at radius 2 is 1.91 bits per heavy atom. The Balaban J connectivity index is 1.43. The van der Waals surface area contributed by atoms with Gasteiger partial charge in [-0.3, -0.25) is 0 Å². The van der Waals surface area contributed by atoms with Crippen LogP contribution in [-0.2, 0) is 0 Å². The molecule has 1 N–H and O–H groups in total. The van der Waals surface area contributed by atoms with Crippen molar-refractivity contribution in [2.75, 3.05) is 31.6 Å². The van der Waals surface area contributed by atoms with Crippen LogP contribution < -0.4 is 10.2 Å². The number of para-hydroxylation sites is 1. The Morgan fingerprint density at radius 3 is 2.65 bits per heavy atom. The van der Waals surface area contributed by atoms with Crippen molar-refractivity contribution >= 4 is 11.7 Å². The molecule has 1 aliphatic carbocycles. The van der Waals surface area contributed by atoms with Gasteiger partial charge in [-0.25, -0.2) is 4.79 Å². The summed E-state index contributed by atoms with van der Waals surface area (Å²) in [4.78, 5) is 16.7. The molecule has 0 radical (unpaired) electrons. The minimum absolute atomic E-state index is 0.107. The number of carbonyl (C=O) groups excluding carboxylic acids is 1. The first-order valence-electron chi connectivity index (χ1n) is 9.04. The lowest BCUT2D eigenvalue weighted by molar-refractivity contribution is 0.172. The zero-order valence-electron chi connectivity index (χ0n) is 14.2. The topological polar surface area (TPSA) is 35.6 Å². The number of anilines is 1. The summed E-state index contributed by atoms with van der Waals surface area (Å²) in [6.45, 7) is 2.92. The number of benzene rings is 1.